The number of carbonyl (C=O) groups is 1. The smallest absolute Gasteiger partial charge is 0.196 e. The number of ketones is 1. The number of aromatic nitrogens is 3. The van der Waals surface area contributed by atoms with Crippen LogP contribution in [-0.4, -0.2) is 26.3 Å². The largest absolute Gasteiger partial charge is 0.293 e. The molecule has 0 unspecified atom stereocenters. The predicted octanol–water partition coefficient (Wildman–Crippen LogP) is 4.35. The number of benzene rings is 2. The SMILES string of the molecule is Cc1ccc(-n2c(C)nnc2SCC(=O)c2ccc3c(c2)CCC3)cc1. The number of hydrogen-bond donors (Lipinski definition) is 0. The molecular weight excluding hydrogens is 342 g/mol. The van der Waals surface area contributed by atoms with Gasteiger partial charge in [0.05, 0.1) is 5.75 Å². The normalized spacial score (nSPS) is 13.0. The molecule has 3 aromatic rings. The number of nitrogens with zero attached hydrogens (tertiary/aromatic N) is 3. The van der Waals surface area contributed by atoms with E-state index >= 15 is 0 Å². The molecule has 26 heavy (non-hydrogen) atoms. The fraction of sp³-hybridized carbons (Fsp3) is 0.286. The van der Waals surface area contributed by atoms with Gasteiger partial charge in [0.1, 0.15) is 5.82 Å². The number of carbonyl (C=O) groups excluding carboxylic acids is 1. The maximum Gasteiger partial charge on any atom is 0.196 e. The Hall–Kier alpha value is -2.40. The molecular formula is C21H21N3OS. The van der Waals surface area contributed by atoms with Crippen LogP contribution in [0.1, 0.15) is 39.3 Å². The molecule has 0 amide bonds. The summed E-state index contributed by atoms with van der Waals surface area (Å²) in [6.45, 7) is 3.99. The van der Waals surface area contributed by atoms with E-state index in [2.05, 4.69) is 53.5 Å². The highest BCUT2D eigenvalue weighted by Crippen LogP contribution is 2.26. The molecule has 1 aromatic heterocycles. The van der Waals surface area contributed by atoms with Gasteiger partial charge in [0.25, 0.3) is 0 Å². The lowest BCUT2D eigenvalue weighted by Gasteiger charge is -2.09. The Morgan fingerprint density at radius 2 is 1.81 bits per heavy atom. The van der Waals surface area contributed by atoms with Gasteiger partial charge < -0.3 is 0 Å². The van der Waals surface area contributed by atoms with Crippen LogP contribution in [0.2, 0.25) is 0 Å². The quantitative estimate of drug-likeness (QED) is 0.499. The van der Waals surface area contributed by atoms with E-state index in [0.717, 1.165) is 35.1 Å². The molecule has 2 aromatic carbocycles. The maximum atomic E-state index is 12.6. The first-order valence-electron chi connectivity index (χ1n) is 8.89. The molecule has 0 atom stereocenters. The van der Waals surface area contributed by atoms with Gasteiger partial charge in [-0.3, -0.25) is 9.36 Å². The van der Waals surface area contributed by atoms with Crippen LogP contribution in [0, 0.1) is 13.8 Å². The van der Waals surface area contributed by atoms with Crippen molar-refractivity contribution in [3.8, 4) is 5.69 Å². The summed E-state index contributed by atoms with van der Waals surface area (Å²) in [5, 5.41) is 9.21. The van der Waals surface area contributed by atoms with Crippen molar-refractivity contribution in [1.82, 2.24) is 14.8 Å². The zero-order chi connectivity index (χ0) is 18.1. The molecule has 4 rings (SSSR count). The number of thioether (sulfide) groups is 1. The van der Waals surface area contributed by atoms with Crippen molar-refractivity contribution in [3.63, 3.8) is 0 Å². The van der Waals surface area contributed by atoms with Crippen molar-refractivity contribution >= 4 is 17.5 Å². The second-order valence-corrected chi connectivity index (χ2v) is 7.69. The summed E-state index contributed by atoms with van der Waals surface area (Å²) < 4.78 is 2.00. The number of rotatable bonds is 5. The van der Waals surface area contributed by atoms with Gasteiger partial charge in [0.15, 0.2) is 10.9 Å². The topological polar surface area (TPSA) is 47.8 Å². The van der Waals surface area contributed by atoms with E-state index < -0.39 is 0 Å². The molecule has 5 heteroatoms. The molecule has 4 nitrogen and oxygen atoms in total. The lowest BCUT2D eigenvalue weighted by Crippen LogP contribution is -2.05. The van der Waals surface area contributed by atoms with Crippen molar-refractivity contribution in [3.05, 3.63) is 70.5 Å². The molecule has 1 aliphatic carbocycles. The van der Waals surface area contributed by atoms with E-state index in [0.29, 0.717) is 5.75 Å². The fourth-order valence-electron chi connectivity index (χ4n) is 3.39. The Bertz CT molecular complexity index is 960. The van der Waals surface area contributed by atoms with E-state index in [1.807, 2.05) is 17.6 Å². The first-order valence-corrected chi connectivity index (χ1v) is 9.87. The van der Waals surface area contributed by atoms with Crippen LogP contribution >= 0.6 is 11.8 Å². The second kappa shape index (κ2) is 7.08. The van der Waals surface area contributed by atoms with Crippen molar-refractivity contribution in [2.24, 2.45) is 0 Å². The Kier molecular flexibility index (Phi) is 4.64. The fourth-order valence-corrected chi connectivity index (χ4v) is 4.28. The number of fused-ring (bicyclic) bond motifs is 1. The third-order valence-electron chi connectivity index (χ3n) is 4.84. The van der Waals surface area contributed by atoms with E-state index in [-0.39, 0.29) is 5.78 Å². The molecule has 0 fully saturated rings. The third kappa shape index (κ3) is 3.31. The van der Waals surface area contributed by atoms with E-state index in [1.54, 1.807) is 0 Å². The van der Waals surface area contributed by atoms with Crippen LogP contribution < -0.4 is 0 Å². The van der Waals surface area contributed by atoms with Gasteiger partial charge in [0, 0.05) is 11.3 Å². The Morgan fingerprint density at radius 1 is 1.04 bits per heavy atom. The molecule has 0 saturated carbocycles. The Balaban J connectivity index is 1.51. The number of aryl methyl sites for hydroxylation is 4. The Labute approximate surface area is 157 Å². The summed E-state index contributed by atoms with van der Waals surface area (Å²) in [5.41, 5.74) is 5.76. The van der Waals surface area contributed by atoms with Crippen molar-refractivity contribution < 1.29 is 4.79 Å². The van der Waals surface area contributed by atoms with Gasteiger partial charge in [-0.1, -0.05) is 41.6 Å². The number of hydrogen-bond acceptors (Lipinski definition) is 4. The van der Waals surface area contributed by atoms with Gasteiger partial charge in [0.2, 0.25) is 0 Å². The third-order valence-corrected chi connectivity index (χ3v) is 5.77. The van der Waals surface area contributed by atoms with Gasteiger partial charge in [-0.2, -0.15) is 0 Å². The molecule has 0 aliphatic heterocycles. The van der Waals surface area contributed by atoms with Crippen LogP contribution in [0.25, 0.3) is 5.69 Å². The van der Waals surface area contributed by atoms with Gasteiger partial charge in [-0.05, 0) is 62.4 Å². The maximum absolute atomic E-state index is 12.6. The molecule has 0 bridgehead atoms. The minimum absolute atomic E-state index is 0.140. The Morgan fingerprint density at radius 3 is 2.62 bits per heavy atom. The minimum Gasteiger partial charge on any atom is -0.293 e. The van der Waals surface area contributed by atoms with Gasteiger partial charge >= 0.3 is 0 Å². The molecule has 0 spiro atoms. The van der Waals surface area contributed by atoms with Crippen molar-refractivity contribution in [2.45, 2.75) is 38.3 Å². The van der Waals surface area contributed by atoms with E-state index in [1.165, 1.54) is 34.9 Å². The van der Waals surface area contributed by atoms with Crippen LogP contribution in [0.15, 0.2) is 47.6 Å². The monoisotopic (exact) mass is 363 g/mol. The minimum atomic E-state index is 0.140. The standard InChI is InChI=1S/C21H21N3OS/c1-14-6-10-19(11-7-14)24-15(2)22-23-21(24)26-13-20(25)18-9-8-16-4-3-5-17(16)12-18/h6-12H,3-5,13H2,1-2H3. The second-order valence-electron chi connectivity index (χ2n) is 6.75. The summed E-state index contributed by atoms with van der Waals surface area (Å²) in [5.74, 6) is 1.32. The highest BCUT2D eigenvalue weighted by Gasteiger charge is 2.16. The van der Waals surface area contributed by atoms with Gasteiger partial charge in [-0.15, -0.1) is 10.2 Å². The summed E-state index contributed by atoms with van der Waals surface area (Å²) in [4.78, 5) is 12.6. The summed E-state index contributed by atoms with van der Waals surface area (Å²) in [7, 11) is 0. The van der Waals surface area contributed by atoms with Crippen LogP contribution in [-0.2, 0) is 12.8 Å². The van der Waals surface area contributed by atoms with E-state index in [9.17, 15) is 4.79 Å². The average molecular weight is 363 g/mol. The van der Waals surface area contributed by atoms with E-state index in [4.69, 9.17) is 0 Å². The predicted molar refractivity (Wildman–Crippen MR) is 104 cm³/mol. The molecule has 0 saturated heterocycles. The molecule has 0 radical (unpaired) electrons. The summed E-state index contributed by atoms with van der Waals surface area (Å²) in [6.07, 6.45) is 3.42. The highest BCUT2D eigenvalue weighted by atomic mass is 32.2. The first kappa shape index (κ1) is 17.0. The van der Waals surface area contributed by atoms with Crippen LogP contribution in [0.5, 0.6) is 0 Å². The summed E-state index contributed by atoms with van der Waals surface area (Å²) >= 11 is 1.44. The van der Waals surface area contributed by atoms with Gasteiger partial charge in [-0.25, -0.2) is 0 Å². The van der Waals surface area contributed by atoms with Crippen LogP contribution in [0.3, 0.4) is 0 Å². The van der Waals surface area contributed by atoms with Crippen molar-refractivity contribution in [2.75, 3.05) is 5.75 Å². The molecule has 1 heterocycles. The van der Waals surface area contributed by atoms with Crippen molar-refractivity contribution in [1.29, 1.82) is 0 Å². The van der Waals surface area contributed by atoms with Crippen LogP contribution in [0.4, 0.5) is 0 Å². The number of Topliss-reactive ketones (excluding diaryl/α,β-unsaturated/α-hetero) is 1. The lowest BCUT2D eigenvalue weighted by molar-refractivity contribution is 0.102. The molecule has 0 N–H and O–H groups in total. The first-order chi connectivity index (χ1) is 12.6. The average Bonchev–Trinajstić information content (AvgIpc) is 3.26. The highest BCUT2D eigenvalue weighted by molar-refractivity contribution is 7.99. The summed E-state index contributed by atoms with van der Waals surface area (Å²) in [6, 6.07) is 14.4. The molecule has 132 valence electrons. The lowest BCUT2D eigenvalue weighted by atomic mass is 10.0. The molecule has 1 aliphatic rings. The zero-order valence-corrected chi connectivity index (χ0v) is 15.8. The zero-order valence-electron chi connectivity index (χ0n) is 15.0.